The summed E-state index contributed by atoms with van der Waals surface area (Å²) >= 11 is 0. The molecule has 0 fully saturated rings. The van der Waals surface area contributed by atoms with Gasteiger partial charge in [-0.25, -0.2) is 4.79 Å². The van der Waals surface area contributed by atoms with Crippen molar-refractivity contribution < 1.29 is 14.6 Å². The zero-order chi connectivity index (χ0) is 12.7. The maximum absolute atomic E-state index is 11.9. The van der Waals surface area contributed by atoms with Crippen LogP contribution in [0.1, 0.15) is 38.7 Å². The fraction of sp³-hybridized carbons (Fsp3) is 0.500. The van der Waals surface area contributed by atoms with Crippen LogP contribution in [-0.4, -0.2) is 17.7 Å². The van der Waals surface area contributed by atoms with Gasteiger partial charge < -0.3 is 9.84 Å². The Morgan fingerprint density at radius 3 is 2.47 bits per heavy atom. The Bertz CT molecular complexity index is 348. The SMILES string of the molecule is CCCCOC(=O)C(O)(CC)c1ccccc1. The van der Waals surface area contributed by atoms with Crippen molar-refractivity contribution in [3.05, 3.63) is 35.9 Å². The van der Waals surface area contributed by atoms with Gasteiger partial charge in [-0.3, -0.25) is 0 Å². The largest absolute Gasteiger partial charge is 0.463 e. The summed E-state index contributed by atoms with van der Waals surface area (Å²) in [7, 11) is 0. The van der Waals surface area contributed by atoms with E-state index >= 15 is 0 Å². The number of benzene rings is 1. The first-order valence-electron chi connectivity index (χ1n) is 6.10. The number of carbonyl (C=O) groups excluding carboxylic acids is 1. The highest BCUT2D eigenvalue weighted by Gasteiger charge is 2.37. The van der Waals surface area contributed by atoms with Crippen molar-refractivity contribution in [1.29, 1.82) is 0 Å². The third-order valence-electron chi connectivity index (χ3n) is 2.83. The molecule has 0 radical (unpaired) electrons. The van der Waals surface area contributed by atoms with E-state index in [1.807, 2.05) is 13.0 Å². The van der Waals surface area contributed by atoms with Crippen LogP contribution in [0.15, 0.2) is 30.3 Å². The number of unbranched alkanes of at least 4 members (excludes halogenated alkanes) is 1. The van der Waals surface area contributed by atoms with Crippen LogP contribution in [0.3, 0.4) is 0 Å². The van der Waals surface area contributed by atoms with Crippen LogP contribution in [0.25, 0.3) is 0 Å². The van der Waals surface area contributed by atoms with Gasteiger partial charge in [0.1, 0.15) is 0 Å². The summed E-state index contributed by atoms with van der Waals surface area (Å²) < 4.78 is 5.10. The van der Waals surface area contributed by atoms with Crippen LogP contribution < -0.4 is 0 Å². The molecule has 3 nitrogen and oxygen atoms in total. The maximum Gasteiger partial charge on any atom is 0.342 e. The second-order valence-corrected chi connectivity index (χ2v) is 4.07. The van der Waals surface area contributed by atoms with Crippen LogP contribution in [0.2, 0.25) is 0 Å². The molecule has 0 aliphatic carbocycles. The smallest absolute Gasteiger partial charge is 0.342 e. The zero-order valence-corrected chi connectivity index (χ0v) is 10.5. The van der Waals surface area contributed by atoms with Crippen LogP contribution >= 0.6 is 0 Å². The van der Waals surface area contributed by atoms with Gasteiger partial charge in [0.2, 0.25) is 0 Å². The second-order valence-electron chi connectivity index (χ2n) is 4.07. The van der Waals surface area contributed by atoms with E-state index in [2.05, 4.69) is 0 Å². The highest BCUT2D eigenvalue weighted by molar-refractivity contribution is 5.81. The van der Waals surface area contributed by atoms with Gasteiger partial charge in [-0.1, -0.05) is 50.6 Å². The lowest BCUT2D eigenvalue weighted by Crippen LogP contribution is -2.36. The summed E-state index contributed by atoms with van der Waals surface area (Å²) in [5, 5.41) is 10.4. The molecule has 0 aliphatic heterocycles. The Kier molecular flexibility index (Phi) is 5.16. The van der Waals surface area contributed by atoms with E-state index < -0.39 is 11.6 Å². The van der Waals surface area contributed by atoms with Crippen LogP contribution in [0, 0.1) is 0 Å². The highest BCUT2D eigenvalue weighted by atomic mass is 16.5. The predicted molar refractivity (Wildman–Crippen MR) is 66.5 cm³/mol. The Balaban J connectivity index is 2.78. The highest BCUT2D eigenvalue weighted by Crippen LogP contribution is 2.26. The lowest BCUT2D eigenvalue weighted by molar-refractivity contribution is -0.167. The quantitative estimate of drug-likeness (QED) is 0.610. The van der Waals surface area contributed by atoms with Gasteiger partial charge in [-0.15, -0.1) is 0 Å². The van der Waals surface area contributed by atoms with Gasteiger partial charge >= 0.3 is 5.97 Å². The number of ether oxygens (including phenoxy) is 1. The van der Waals surface area contributed by atoms with Gasteiger partial charge in [-0.05, 0) is 18.4 Å². The summed E-state index contributed by atoms with van der Waals surface area (Å²) in [4.78, 5) is 11.9. The van der Waals surface area contributed by atoms with E-state index in [9.17, 15) is 9.90 Å². The normalized spacial score (nSPS) is 14.1. The molecule has 0 heterocycles. The summed E-state index contributed by atoms with van der Waals surface area (Å²) in [5.74, 6) is -0.556. The van der Waals surface area contributed by atoms with Crippen molar-refractivity contribution in [2.75, 3.05) is 6.61 Å². The molecule has 1 aromatic rings. The maximum atomic E-state index is 11.9. The Hall–Kier alpha value is -1.35. The molecule has 0 aromatic heterocycles. The van der Waals surface area contributed by atoms with Crippen molar-refractivity contribution >= 4 is 5.97 Å². The third-order valence-corrected chi connectivity index (χ3v) is 2.83. The minimum absolute atomic E-state index is 0.308. The minimum Gasteiger partial charge on any atom is -0.463 e. The molecule has 94 valence electrons. The Labute approximate surface area is 102 Å². The van der Waals surface area contributed by atoms with E-state index in [0.717, 1.165) is 12.8 Å². The minimum atomic E-state index is -1.52. The first-order valence-corrected chi connectivity index (χ1v) is 6.10. The number of hydrogen-bond acceptors (Lipinski definition) is 3. The molecule has 1 N–H and O–H groups in total. The number of hydrogen-bond donors (Lipinski definition) is 1. The molecule has 0 amide bonds. The summed E-state index contributed by atoms with van der Waals surface area (Å²) in [5.41, 5.74) is -0.932. The lowest BCUT2D eigenvalue weighted by Gasteiger charge is -2.24. The molecule has 3 heteroatoms. The van der Waals surface area contributed by atoms with Gasteiger partial charge in [-0.2, -0.15) is 0 Å². The fourth-order valence-electron chi connectivity index (χ4n) is 1.61. The number of carbonyl (C=O) groups is 1. The van der Waals surface area contributed by atoms with Crippen molar-refractivity contribution in [2.45, 2.75) is 38.7 Å². The molecule has 1 rings (SSSR count). The van der Waals surface area contributed by atoms with Gasteiger partial charge in [0.25, 0.3) is 0 Å². The molecule has 0 saturated carbocycles. The molecular formula is C14H20O3. The van der Waals surface area contributed by atoms with E-state index in [1.165, 1.54) is 0 Å². The average Bonchev–Trinajstić information content (AvgIpc) is 2.39. The van der Waals surface area contributed by atoms with Gasteiger partial charge in [0.15, 0.2) is 5.60 Å². The van der Waals surface area contributed by atoms with Crippen molar-refractivity contribution in [2.24, 2.45) is 0 Å². The summed E-state index contributed by atoms with van der Waals surface area (Å²) in [6.45, 7) is 4.16. The molecule has 0 saturated heterocycles. The number of esters is 1. The summed E-state index contributed by atoms with van der Waals surface area (Å²) in [6.07, 6.45) is 2.09. The number of rotatable bonds is 6. The Morgan fingerprint density at radius 1 is 1.29 bits per heavy atom. The molecule has 1 aromatic carbocycles. The third kappa shape index (κ3) is 3.30. The molecule has 1 atom stereocenters. The van der Waals surface area contributed by atoms with Crippen molar-refractivity contribution in [3.8, 4) is 0 Å². The van der Waals surface area contributed by atoms with Crippen LogP contribution in [-0.2, 0) is 15.1 Å². The fourth-order valence-corrected chi connectivity index (χ4v) is 1.61. The van der Waals surface area contributed by atoms with Gasteiger partial charge in [0.05, 0.1) is 6.61 Å². The lowest BCUT2D eigenvalue weighted by atomic mass is 9.91. The van der Waals surface area contributed by atoms with E-state index in [-0.39, 0.29) is 0 Å². The number of aliphatic hydroxyl groups is 1. The molecule has 17 heavy (non-hydrogen) atoms. The molecule has 0 aliphatic rings. The van der Waals surface area contributed by atoms with Gasteiger partial charge in [0, 0.05) is 0 Å². The molecular weight excluding hydrogens is 216 g/mol. The monoisotopic (exact) mass is 236 g/mol. The summed E-state index contributed by atoms with van der Waals surface area (Å²) in [6, 6.07) is 8.93. The van der Waals surface area contributed by atoms with E-state index in [4.69, 9.17) is 4.74 Å². The molecule has 1 unspecified atom stereocenters. The predicted octanol–water partition coefficient (Wildman–Crippen LogP) is 2.63. The van der Waals surface area contributed by atoms with E-state index in [1.54, 1.807) is 31.2 Å². The first-order chi connectivity index (χ1) is 8.15. The van der Waals surface area contributed by atoms with Crippen LogP contribution in [0.4, 0.5) is 0 Å². The van der Waals surface area contributed by atoms with Crippen molar-refractivity contribution in [1.82, 2.24) is 0 Å². The standard InChI is InChI=1S/C14H20O3/c1-3-5-11-17-13(15)14(16,4-2)12-9-7-6-8-10-12/h6-10,16H,3-5,11H2,1-2H3. The first kappa shape index (κ1) is 13.7. The topological polar surface area (TPSA) is 46.5 Å². The van der Waals surface area contributed by atoms with E-state index in [0.29, 0.717) is 18.6 Å². The molecule has 0 bridgehead atoms. The average molecular weight is 236 g/mol. The van der Waals surface area contributed by atoms with Crippen LogP contribution in [0.5, 0.6) is 0 Å². The molecule has 0 spiro atoms. The Morgan fingerprint density at radius 2 is 1.94 bits per heavy atom. The second kappa shape index (κ2) is 6.40. The van der Waals surface area contributed by atoms with Crippen molar-refractivity contribution in [3.63, 3.8) is 0 Å². The zero-order valence-electron chi connectivity index (χ0n) is 10.5.